The van der Waals surface area contributed by atoms with Crippen LogP contribution in [0, 0.1) is 0 Å². The van der Waals surface area contributed by atoms with E-state index in [1.165, 1.54) is 4.57 Å². The Labute approximate surface area is 277 Å². The summed E-state index contributed by atoms with van der Waals surface area (Å²) in [6, 6.07) is 36.3. The number of rotatable bonds is 12. The van der Waals surface area contributed by atoms with Gasteiger partial charge in [-0.05, 0) is 52.3 Å². The fraction of sp³-hybridized carbons (Fsp3) is 0.211. The van der Waals surface area contributed by atoms with Gasteiger partial charge in [-0.2, -0.15) is 5.21 Å². The van der Waals surface area contributed by atoms with E-state index in [1.807, 2.05) is 77.4 Å². The molecule has 10 heteroatoms. The summed E-state index contributed by atoms with van der Waals surface area (Å²) in [4.78, 5) is 33.3. The molecule has 0 saturated heterocycles. The van der Waals surface area contributed by atoms with Gasteiger partial charge >= 0.3 is 5.69 Å². The first-order valence-corrected chi connectivity index (χ1v) is 16.3. The molecule has 0 aliphatic carbocycles. The minimum atomic E-state index is -0.323. The second-order valence-corrected chi connectivity index (χ2v) is 11.9. The van der Waals surface area contributed by atoms with E-state index in [9.17, 15) is 9.59 Å². The molecule has 240 valence electrons. The summed E-state index contributed by atoms with van der Waals surface area (Å²) in [5, 5.41) is 14.6. The molecule has 0 atom stereocenters. The highest BCUT2D eigenvalue weighted by Gasteiger charge is 2.22. The summed E-state index contributed by atoms with van der Waals surface area (Å²) in [6.45, 7) is 3.25. The lowest BCUT2D eigenvalue weighted by Crippen LogP contribution is -2.41. The monoisotopic (exact) mass is 636 g/mol. The number of aryl methyl sites for hydroxylation is 4. The number of benzene rings is 4. The lowest BCUT2D eigenvalue weighted by molar-refractivity contribution is 0.564. The largest absolute Gasteiger partial charge is 0.332 e. The Bertz CT molecular complexity index is 2250. The molecule has 0 amide bonds. The molecule has 1 N–H and O–H groups in total. The fourth-order valence-electron chi connectivity index (χ4n) is 6.27. The summed E-state index contributed by atoms with van der Waals surface area (Å²) < 4.78 is 5.11. The van der Waals surface area contributed by atoms with Crippen LogP contribution in [-0.4, -0.2) is 39.3 Å². The third-order valence-corrected chi connectivity index (χ3v) is 8.72. The van der Waals surface area contributed by atoms with Crippen molar-refractivity contribution in [2.24, 2.45) is 0 Å². The van der Waals surface area contributed by atoms with Crippen LogP contribution in [0.2, 0.25) is 0 Å². The minimum Gasteiger partial charge on any atom is -0.318 e. The Balaban J connectivity index is 1.29. The lowest BCUT2D eigenvalue weighted by Gasteiger charge is -2.14. The van der Waals surface area contributed by atoms with Crippen LogP contribution in [0.5, 0.6) is 0 Å². The first kappa shape index (κ1) is 30.7. The zero-order valence-electron chi connectivity index (χ0n) is 26.8. The summed E-state index contributed by atoms with van der Waals surface area (Å²) in [7, 11) is 0. The highest BCUT2D eigenvalue weighted by Crippen LogP contribution is 2.30. The molecule has 0 bridgehead atoms. The van der Waals surface area contributed by atoms with Crippen LogP contribution in [0.25, 0.3) is 33.7 Å². The second-order valence-electron chi connectivity index (χ2n) is 11.9. The average molecular weight is 637 g/mol. The van der Waals surface area contributed by atoms with Gasteiger partial charge in [-0.3, -0.25) is 13.9 Å². The maximum Gasteiger partial charge on any atom is 0.332 e. The normalized spacial score (nSPS) is 11.4. The molecule has 0 spiro atoms. The van der Waals surface area contributed by atoms with Gasteiger partial charge in [-0.15, -0.1) is 10.2 Å². The quantitative estimate of drug-likeness (QED) is 0.184. The van der Waals surface area contributed by atoms with Crippen molar-refractivity contribution in [3.8, 4) is 22.5 Å². The van der Waals surface area contributed by atoms with Crippen LogP contribution in [0.4, 0.5) is 0 Å². The number of aromatic amines is 1. The molecule has 0 aliphatic rings. The molecule has 0 saturated carbocycles. The van der Waals surface area contributed by atoms with Gasteiger partial charge < -0.3 is 4.57 Å². The van der Waals surface area contributed by atoms with E-state index in [4.69, 9.17) is 4.98 Å². The van der Waals surface area contributed by atoms with Crippen LogP contribution in [0.1, 0.15) is 35.9 Å². The van der Waals surface area contributed by atoms with E-state index >= 15 is 0 Å². The standard InChI is InChI=1S/C38H36N8O2/c1-2-11-33-39-36-34(46(33)26-29-18-20-30(21-19-29)31-16-9-10-17-32(31)35-40-42-43-41-35)37(47)45(25-23-28-14-7-4-8-15-28)38(48)44(36)24-22-27-12-5-3-6-13-27/h3-10,12-21H,2,11,22-26H2,1H3,(H,40,41,42,43). The zero-order valence-corrected chi connectivity index (χ0v) is 26.8. The molecule has 48 heavy (non-hydrogen) atoms. The smallest absolute Gasteiger partial charge is 0.318 e. The molecule has 10 nitrogen and oxygen atoms in total. The van der Waals surface area contributed by atoms with Crippen molar-refractivity contribution >= 4 is 11.2 Å². The van der Waals surface area contributed by atoms with Gasteiger partial charge in [0.15, 0.2) is 11.2 Å². The van der Waals surface area contributed by atoms with Gasteiger partial charge in [0.1, 0.15) is 5.82 Å². The first-order valence-electron chi connectivity index (χ1n) is 16.3. The molecule has 7 aromatic rings. The number of nitrogens with zero attached hydrogens (tertiary/aromatic N) is 7. The van der Waals surface area contributed by atoms with Crippen LogP contribution in [0.3, 0.4) is 0 Å². The van der Waals surface area contributed by atoms with Crippen LogP contribution < -0.4 is 11.2 Å². The zero-order chi connectivity index (χ0) is 32.9. The SMILES string of the molecule is CCCc1nc2c(c(=O)n(CCc3ccccc3)c(=O)n2CCc2ccccc2)n1Cc1ccc(-c2ccccc2-c2nn[nH]n2)cc1. The number of hydrogen-bond acceptors (Lipinski definition) is 6. The van der Waals surface area contributed by atoms with Crippen molar-refractivity contribution in [2.45, 2.75) is 52.2 Å². The van der Waals surface area contributed by atoms with Gasteiger partial charge in [0, 0.05) is 31.6 Å². The first-order chi connectivity index (χ1) is 23.6. The molecule has 0 radical (unpaired) electrons. The van der Waals surface area contributed by atoms with Crippen molar-refractivity contribution in [1.29, 1.82) is 0 Å². The van der Waals surface area contributed by atoms with E-state index in [1.54, 1.807) is 4.57 Å². The predicted octanol–water partition coefficient (Wildman–Crippen LogP) is 5.69. The number of aromatic nitrogens is 8. The van der Waals surface area contributed by atoms with E-state index in [0.717, 1.165) is 45.6 Å². The molecule has 3 heterocycles. The van der Waals surface area contributed by atoms with E-state index in [-0.39, 0.29) is 17.8 Å². The number of tetrazole rings is 1. The van der Waals surface area contributed by atoms with Crippen LogP contribution in [-0.2, 0) is 38.9 Å². The van der Waals surface area contributed by atoms with Gasteiger partial charge in [0.2, 0.25) is 5.82 Å². The minimum absolute atomic E-state index is 0.283. The molecule has 0 unspecified atom stereocenters. The third-order valence-electron chi connectivity index (χ3n) is 8.72. The number of H-pyrrole nitrogens is 1. The van der Waals surface area contributed by atoms with E-state index < -0.39 is 0 Å². The summed E-state index contributed by atoms with van der Waals surface area (Å²) >= 11 is 0. The fourth-order valence-corrected chi connectivity index (χ4v) is 6.27. The molecule has 3 aromatic heterocycles. The van der Waals surface area contributed by atoms with Crippen LogP contribution in [0.15, 0.2) is 119 Å². The summed E-state index contributed by atoms with van der Waals surface area (Å²) in [5.74, 6) is 1.33. The molecule has 0 fully saturated rings. The molecule has 7 rings (SSSR count). The average Bonchev–Trinajstić information content (AvgIpc) is 3.79. The maximum atomic E-state index is 14.3. The van der Waals surface area contributed by atoms with Gasteiger partial charge in [-0.25, -0.2) is 9.78 Å². The topological polar surface area (TPSA) is 116 Å². The summed E-state index contributed by atoms with van der Waals surface area (Å²) in [6.07, 6.45) is 2.76. The second kappa shape index (κ2) is 13.8. The Hall–Kier alpha value is -5.90. The Morgan fingerprint density at radius 1 is 0.646 bits per heavy atom. The van der Waals surface area contributed by atoms with E-state index in [0.29, 0.717) is 49.3 Å². The highest BCUT2D eigenvalue weighted by atomic mass is 16.2. The summed E-state index contributed by atoms with van der Waals surface area (Å²) in [5.41, 5.74) is 6.39. The number of nitrogens with one attached hydrogen (secondary N) is 1. The molecule has 0 aliphatic heterocycles. The van der Waals surface area contributed by atoms with Crippen molar-refractivity contribution in [3.05, 3.63) is 153 Å². The molecule has 4 aromatic carbocycles. The lowest BCUT2D eigenvalue weighted by atomic mass is 9.98. The van der Waals surface area contributed by atoms with Gasteiger partial charge in [0.05, 0.1) is 0 Å². The highest BCUT2D eigenvalue weighted by molar-refractivity contribution is 5.80. The van der Waals surface area contributed by atoms with Gasteiger partial charge in [0.25, 0.3) is 5.56 Å². The van der Waals surface area contributed by atoms with Crippen molar-refractivity contribution in [2.75, 3.05) is 0 Å². The van der Waals surface area contributed by atoms with Crippen molar-refractivity contribution in [1.82, 2.24) is 39.3 Å². The van der Waals surface area contributed by atoms with Crippen molar-refractivity contribution < 1.29 is 0 Å². The Morgan fingerprint density at radius 2 is 1.27 bits per heavy atom. The Morgan fingerprint density at radius 3 is 1.90 bits per heavy atom. The van der Waals surface area contributed by atoms with Crippen LogP contribution >= 0.6 is 0 Å². The molecular weight excluding hydrogens is 600 g/mol. The van der Waals surface area contributed by atoms with Crippen molar-refractivity contribution in [3.63, 3.8) is 0 Å². The maximum absolute atomic E-state index is 14.3. The Kier molecular flexibility index (Phi) is 8.86. The number of imidazole rings is 1. The third kappa shape index (κ3) is 6.24. The predicted molar refractivity (Wildman–Crippen MR) is 187 cm³/mol. The molecular formula is C38H36N8O2. The number of hydrogen-bond donors (Lipinski definition) is 1. The van der Waals surface area contributed by atoms with Gasteiger partial charge in [-0.1, -0.05) is 116 Å². The van der Waals surface area contributed by atoms with E-state index in [2.05, 4.69) is 63.9 Å². The number of fused-ring (bicyclic) bond motifs is 1.